The second-order valence-electron chi connectivity index (χ2n) is 3.58. The zero-order chi connectivity index (χ0) is 12.5. The van der Waals surface area contributed by atoms with Crippen molar-refractivity contribution >= 4 is 11.7 Å². The number of carbonyl (C=O) groups excluding carboxylic acids is 1. The van der Waals surface area contributed by atoms with Crippen molar-refractivity contribution in [2.45, 2.75) is 19.8 Å². The van der Waals surface area contributed by atoms with Crippen LogP contribution in [0.15, 0.2) is 24.3 Å². The van der Waals surface area contributed by atoms with Gasteiger partial charge in [0.1, 0.15) is 6.61 Å². The molecule has 0 aliphatic heterocycles. The van der Waals surface area contributed by atoms with E-state index in [1.165, 1.54) is 6.92 Å². The third kappa shape index (κ3) is 5.03. The molecule has 90 valence electrons. The molecule has 0 amide bonds. The topological polar surface area (TPSA) is 62.1 Å². The predicted octanol–water partition coefficient (Wildman–Crippen LogP) is 2.12. The molecule has 17 heavy (non-hydrogen) atoms. The largest absolute Gasteiger partial charge is 0.464 e. The summed E-state index contributed by atoms with van der Waals surface area (Å²) in [6, 6.07) is 9.96. The Balaban J connectivity index is 2.46. The van der Waals surface area contributed by atoms with Crippen LogP contribution in [0.25, 0.3) is 0 Å². The molecule has 1 aromatic rings. The lowest BCUT2D eigenvalue weighted by molar-refractivity contribution is -0.140. The van der Waals surface area contributed by atoms with Crippen LogP contribution in [0.2, 0.25) is 0 Å². The van der Waals surface area contributed by atoms with Crippen LogP contribution < -0.4 is 5.32 Å². The number of nitriles is 1. The van der Waals surface area contributed by atoms with Crippen molar-refractivity contribution in [2.24, 2.45) is 0 Å². The van der Waals surface area contributed by atoms with Gasteiger partial charge in [-0.1, -0.05) is 18.2 Å². The molecule has 0 saturated heterocycles. The molecule has 0 aromatic heterocycles. The molecular weight excluding hydrogens is 216 g/mol. The molecule has 4 nitrogen and oxygen atoms in total. The standard InChI is InChI=1S/C13H16N2O2/c1-11(16)17-10-9-15-13-7-3-2-5-12(13)6-4-8-14/h2-3,5,7,15H,4,6,9-10H2,1H3. The van der Waals surface area contributed by atoms with E-state index in [-0.39, 0.29) is 5.97 Å². The third-order valence-corrected chi connectivity index (χ3v) is 2.25. The second kappa shape index (κ2) is 7.29. The van der Waals surface area contributed by atoms with Crippen LogP contribution >= 0.6 is 0 Å². The summed E-state index contributed by atoms with van der Waals surface area (Å²) in [6.45, 7) is 2.31. The lowest BCUT2D eigenvalue weighted by Gasteiger charge is -2.10. The van der Waals surface area contributed by atoms with E-state index in [1.54, 1.807) is 0 Å². The normalized spacial score (nSPS) is 9.41. The lowest BCUT2D eigenvalue weighted by Crippen LogP contribution is -2.12. The van der Waals surface area contributed by atoms with Gasteiger partial charge < -0.3 is 10.1 Å². The lowest BCUT2D eigenvalue weighted by atomic mass is 10.1. The van der Waals surface area contributed by atoms with Gasteiger partial charge in [-0.15, -0.1) is 0 Å². The van der Waals surface area contributed by atoms with E-state index in [2.05, 4.69) is 11.4 Å². The Bertz CT molecular complexity index is 410. The van der Waals surface area contributed by atoms with Gasteiger partial charge in [-0.2, -0.15) is 5.26 Å². The van der Waals surface area contributed by atoms with E-state index in [0.717, 1.165) is 17.7 Å². The summed E-state index contributed by atoms with van der Waals surface area (Å²) in [5, 5.41) is 11.8. The maximum atomic E-state index is 10.6. The summed E-state index contributed by atoms with van der Waals surface area (Å²) in [6.07, 6.45) is 1.23. The summed E-state index contributed by atoms with van der Waals surface area (Å²) in [4.78, 5) is 10.6. The van der Waals surface area contributed by atoms with E-state index < -0.39 is 0 Å². The van der Waals surface area contributed by atoms with E-state index in [0.29, 0.717) is 19.6 Å². The molecule has 0 unspecified atom stereocenters. The van der Waals surface area contributed by atoms with Gasteiger partial charge in [0.05, 0.1) is 6.07 Å². The van der Waals surface area contributed by atoms with Gasteiger partial charge in [0, 0.05) is 25.6 Å². The smallest absolute Gasteiger partial charge is 0.302 e. The molecular formula is C13H16N2O2. The average molecular weight is 232 g/mol. The molecule has 1 rings (SSSR count). The molecule has 0 heterocycles. The fourth-order valence-corrected chi connectivity index (χ4v) is 1.48. The number of nitrogens with zero attached hydrogens (tertiary/aromatic N) is 1. The maximum absolute atomic E-state index is 10.6. The van der Waals surface area contributed by atoms with E-state index >= 15 is 0 Å². The third-order valence-electron chi connectivity index (χ3n) is 2.25. The molecule has 0 aliphatic carbocycles. The van der Waals surface area contributed by atoms with Crippen LogP contribution in [-0.4, -0.2) is 19.1 Å². The summed E-state index contributed by atoms with van der Waals surface area (Å²) in [7, 11) is 0. The predicted molar refractivity (Wildman–Crippen MR) is 65.5 cm³/mol. The highest BCUT2D eigenvalue weighted by molar-refractivity contribution is 5.65. The summed E-state index contributed by atoms with van der Waals surface area (Å²) in [5.41, 5.74) is 2.10. The molecule has 1 aromatic carbocycles. The Morgan fingerprint density at radius 2 is 2.24 bits per heavy atom. The molecule has 1 N–H and O–H groups in total. The van der Waals surface area contributed by atoms with Gasteiger partial charge in [-0.3, -0.25) is 4.79 Å². The maximum Gasteiger partial charge on any atom is 0.302 e. The Morgan fingerprint density at radius 1 is 1.47 bits per heavy atom. The fraction of sp³-hybridized carbons (Fsp3) is 0.385. The van der Waals surface area contributed by atoms with Gasteiger partial charge >= 0.3 is 5.97 Å². The van der Waals surface area contributed by atoms with Crippen molar-refractivity contribution in [1.29, 1.82) is 5.26 Å². The number of nitrogens with one attached hydrogen (secondary N) is 1. The highest BCUT2D eigenvalue weighted by atomic mass is 16.5. The highest BCUT2D eigenvalue weighted by Gasteiger charge is 2.01. The first-order valence-electron chi connectivity index (χ1n) is 5.56. The number of esters is 1. The number of rotatable bonds is 6. The first-order chi connectivity index (χ1) is 8.24. The molecule has 0 atom stereocenters. The number of anilines is 1. The second-order valence-corrected chi connectivity index (χ2v) is 3.58. The minimum Gasteiger partial charge on any atom is -0.464 e. The molecule has 0 radical (unpaired) electrons. The molecule has 0 spiro atoms. The van der Waals surface area contributed by atoms with Gasteiger partial charge in [0.2, 0.25) is 0 Å². The molecule has 4 heteroatoms. The Labute approximate surface area is 101 Å². The first kappa shape index (κ1) is 13.0. The average Bonchev–Trinajstić information content (AvgIpc) is 2.33. The first-order valence-corrected chi connectivity index (χ1v) is 5.56. The minimum atomic E-state index is -0.274. The van der Waals surface area contributed by atoms with Crippen LogP contribution in [-0.2, 0) is 16.0 Å². The van der Waals surface area contributed by atoms with Gasteiger partial charge in [-0.25, -0.2) is 0 Å². The molecule has 0 saturated carbocycles. The number of benzene rings is 1. The van der Waals surface area contributed by atoms with Crippen LogP contribution in [0.1, 0.15) is 18.9 Å². The zero-order valence-electron chi connectivity index (χ0n) is 9.90. The van der Waals surface area contributed by atoms with E-state index in [4.69, 9.17) is 10.00 Å². The van der Waals surface area contributed by atoms with Gasteiger partial charge in [0.25, 0.3) is 0 Å². The van der Waals surface area contributed by atoms with Crippen LogP contribution in [0.4, 0.5) is 5.69 Å². The van der Waals surface area contributed by atoms with Crippen LogP contribution in [0.5, 0.6) is 0 Å². The molecule has 0 bridgehead atoms. The number of hydrogen-bond acceptors (Lipinski definition) is 4. The number of aryl methyl sites for hydroxylation is 1. The minimum absolute atomic E-state index is 0.274. The summed E-state index contributed by atoms with van der Waals surface area (Å²) in [5.74, 6) is -0.274. The summed E-state index contributed by atoms with van der Waals surface area (Å²) < 4.78 is 4.83. The van der Waals surface area contributed by atoms with Crippen molar-refractivity contribution in [2.75, 3.05) is 18.5 Å². The Kier molecular flexibility index (Phi) is 5.59. The van der Waals surface area contributed by atoms with Crippen molar-refractivity contribution in [3.63, 3.8) is 0 Å². The Morgan fingerprint density at radius 3 is 2.94 bits per heavy atom. The molecule has 0 fully saturated rings. The SMILES string of the molecule is CC(=O)OCCNc1ccccc1CCC#N. The highest BCUT2D eigenvalue weighted by Crippen LogP contribution is 2.16. The number of para-hydroxylation sites is 1. The number of ether oxygens (including phenoxy) is 1. The Hall–Kier alpha value is -2.02. The molecule has 0 aliphatic rings. The van der Waals surface area contributed by atoms with Crippen LogP contribution in [0, 0.1) is 11.3 Å². The monoisotopic (exact) mass is 232 g/mol. The van der Waals surface area contributed by atoms with Crippen molar-refractivity contribution < 1.29 is 9.53 Å². The van der Waals surface area contributed by atoms with Crippen molar-refractivity contribution in [3.05, 3.63) is 29.8 Å². The summed E-state index contributed by atoms with van der Waals surface area (Å²) >= 11 is 0. The van der Waals surface area contributed by atoms with Crippen molar-refractivity contribution in [1.82, 2.24) is 0 Å². The van der Waals surface area contributed by atoms with Gasteiger partial charge in [-0.05, 0) is 18.1 Å². The van der Waals surface area contributed by atoms with E-state index in [1.807, 2.05) is 24.3 Å². The van der Waals surface area contributed by atoms with E-state index in [9.17, 15) is 4.79 Å². The number of hydrogen-bond donors (Lipinski definition) is 1. The fourth-order valence-electron chi connectivity index (χ4n) is 1.48. The van der Waals surface area contributed by atoms with Crippen molar-refractivity contribution in [3.8, 4) is 6.07 Å². The van der Waals surface area contributed by atoms with Crippen LogP contribution in [0.3, 0.4) is 0 Å². The quantitative estimate of drug-likeness (QED) is 0.602. The number of carbonyl (C=O) groups is 1. The van der Waals surface area contributed by atoms with Gasteiger partial charge in [0.15, 0.2) is 0 Å². The zero-order valence-corrected chi connectivity index (χ0v) is 9.90.